The summed E-state index contributed by atoms with van der Waals surface area (Å²) >= 11 is 0. The molecule has 1 aliphatic carbocycles. The summed E-state index contributed by atoms with van der Waals surface area (Å²) in [6, 6.07) is 7.57. The SMILES string of the molecule is Nc1ccc(/C=C/C(=O)CC2CCCCC2)cc1. The molecule has 0 bridgehead atoms. The van der Waals surface area contributed by atoms with E-state index in [2.05, 4.69) is 0 Å². The molecule has 2 heteroatoms. The average molecular weight is 243 g/mol. The molecule has 0 amide bonds. The Hall–Kier alpha value is -1.57. The van der Waals surface area contributed by atoms with Gasteiger partial charge in [-0.25, -0.2) is 0 Å². The van der Waals surface area contributed by atoms with E-state index in [4.69, 9.17) is 5.73 Å². The van der Waals surface area contributed by atoms with Crippen LogP contribution < -0.4 is 5.73 Å². The zero-order valence-electron chi connectivity index (χ0n) is 10.8. The van der Waals surface area contributed by atoms with E-state index in [-0.39, 0.29) is 5.78 Å². The topological polar surface area (TPSA) is 43.1 Å². The maximum absolute atomic E-state index is 11.8. The fourth-order valence-electron chi connectivity index (χ4n) is 2.54. The minimum absolute atomic E-state index is 0.249. The molecule has 18 heavy (non-hydrogen) atoms. The van der Waals surface area contributed by atoms with Gasteiger partial charge in [0.15, 0.2) is 5.78 Å². The maximum Gasteiger partial charge on any atom is 0.155 e. The van der Waals surface area contributed by atoms with Crippen LogP contribution in [0.25, 0.3) is 6.08 Å². The van der Waals surface area contributed by atoms with Crippen molar-refractivity contribution in [3.63, 3.8) is 0 Å². The minimum Gasteiger partial charge on any atom is -0.399 e. The lowest BCUT2D eigenvalue weighted by Crippen LogP contribution is -2.10. The number of carbonyl (C=O) groups is 1. The average Bonchev–Trinajstić information content (AvgIpc) is 2.39. The van der Waals surface area contributed by atoms with E-state index >= 15 is 0 Å². The number of rotatable bonds is 4. The van der Waals surface area contributed by atoms with Crippen LogP contribution in [0.2, 0.25) is 0 Å². The molecule has 96 valence electrons. The van der Waals surface area contributed by atoms with Crippen LogP contribution in [-0.2, 0) is 4.79 Å². The molecule has 0 unspecified atom stereocenters. The lowest BCUT2D eigenvalue weighted by atomic mass is 9.86. The van der Waals surface area contributed by atoms with Crippen molar-refractivity contribution in [2.75, 3.05) is 5.73 Å². The summed E-state index contributed by atoms with van der Waals surface area (Å²) in [4.78, 5) is 11.8. The molecule has 2 N–H and O–H groups in total. The highest BCUT2D eigenvalue weighted by atomic mass is 16.1. The molecule has 1 aliphatic rings. The molecule has 2 rings (SSSR count). The van der Waals surface area contributed by atoms with Crippen LogP contribution in [0.4, 0.5) is 5.69 Å². The predicted octanol–water partition coefficient (Wildman–Crippen LogP) is 3.82. The van der Waals surface area contributed by atoms with Crippen molar-refractivity contribution in [1.29, 1.82) is 0 Å². The van der Waals surface area contributed by atoms with Crippen molar-refractivity contribution in [2.45, 2.75) is 38.5 Å². The second-order valence-electron chi connectivity index (χ2n) is 5.17. The van der Waals surface area contributed by atoms with Crippen LogP contribution in [0, 0.1) is 5.92 Å². The Balaban J connectivity index is 1.84. The number of benzene rings is 1. The summed E-state index contributed by atoms with van der Waals surface area (Å²) in [7, 11) is 0. The third kappa shape index (κ3) is 4.02. The van der Waals surface area contributed by atoms with E-state index in [0.29, 0.717) is 12.3 Å². The minimum atomic E-state index is 0.249. The Kier molecular flexibility index (Phi) is 4.57. The summed E-state index contributed by atoms with van der Waals surface area (Å²) in [5.41, 5.74) is 7.39. The van der Waals surface area contributed by atoms with Crippen LogP contribution in [0.5, 0.6) is 0 Å². The Morgan fingerprint density at radius 3 is 2.50 bits per heavy atom. The first-order chi connectivity index (χ1) is 8.74. The zero-order chi connectivity index (χ0) is 12.8. The molecule has 1 fully saturated rings. The van der Waals surface area contributed by atoms with Gasteiger partial charge in [-0.1, -0.05) is 50.3 Å². The van der Waals surface area contributed by atoms with E-state index in [1.54, 1.807) is 6.08 Å². The van der Waals surface area contributed by atoms with E-state index in [1.165, 1.54) is 32.1 Å². The Bertz CT molecular complexity index is 413. The van der Waals surface area contributed by atoms with Crippen LogP contribution in [-0.4, -0.2) is 5.78 Å². The number of allylic oxidation sites excluding steroid dienone is 1. The molecule has 1 saturated carbocycles. The van der Waals surface area contributed by atoms with Crippen LogP contribution in [0.3, 0.4) is 0 Å². The molecule has 0 spiro atoms. The number of hydrogen-bond donors (Lipinski definition) is 1. The van der Waals surface area contributed by atoms with Gasteiger partial charge in [0.1, 0.15) is 0 Å². The Morgan fingerprint density at radius 2 is 1.83 bits per heavy atom. The third-order valence-electron chi connectivity index (χ3n) is 3.61. The molecule has 0 heterocycles. The van der Waals surface area contributed by atoms with Gasteiger partial charge < -0.3 is 5.73 Å². The number of ketones is 1. The zero-order valence-corrected chi connectivity index (χ0v) is 10.8. The molecule has 0 radical (unpaired) electrons. The highest BCUT2D eigenvalue weighted by Gasteiger charge is 2.15. The molecule has 0 saturated heterocycles. The molecule has 1 aromatic rings. The normalized spacial score (nSPS) is 17.1. The second kappa shape index (κ2) is 6.39. The number of hydrogen-bond acceptors (Lipinski definition) is 2. The van der Waals surface area contributed by atoms with E-state index in [9.17, 15) is 4.79 Å². The summed E-state index contributed by atoms with van der Waals surface area (Å²) in [6.07, 6.45) is 10.7. The number of nitrogen functional groups attached to an aromatic ring is 1. The molecular formula is C16H21NO. The molecule has 0 aliphatic heterocycles. The maximum atomic E-state index is 11.8. The third-order valence-corrected chi connectivity index (χ3v) is 3.61. The van der Waals surface area contributed by atoms with Crippen LogP contribution >= 0.6 is 0 Å². The number of anilines is 1. The van der Waals surface area contributed by atoms with Crippen molar-refractivity contribution < 1.29 is 4.79 Å². The van der Waals surface area contributed by atoms with Gasteiger partial charge in [-0.15, -0.1) is 0 Å². The second-order valence-corrected chi connectivity index (χ2v) is 5.17. The monoisotopic (exact) mass is 243 g/mol. The van der Waals surface area contributed by atoms with Gasteiger partial charge in [-0.2, -0.15) is 0 Å². The molecule has 2 nitrogen and oxygen atoms in total. The van der Waals surface area contributed by atoms with Crippen LogP contribution in [0.1, 0.15) is 44.1 Å². The lowest BCUT2D eigenvalue weighted by Gasteiger charge is -2.19. The largest absolute Gasteiger partial charge is 0.399 e. The van der Waals surface area contributed by atoms with Crippen LogP contribution in [0.15, 0.2) is 30.3 Å². The predicted molar refractivity (Wildman–Crippen MR) is 76.1 cm³/mol. The Labute approximate surface area is 109 Å². The van der Waals surface area contributed by atoms with Crippen molar-refractivity contribution in [3.8, 4) is 0 Å². The number of nitrogens with two attached hydrogens (primary N) is 1. The van der Waals surface area contributed by atoms with Gasteiger partial charge >= 0.3 is 0 Å². The first-order valence-corrected chi connectivity index (χ1v) is 6.80. The first-order valence-electron chi connectivity index (χ1n) is 6.80. The summed E-state index contributed by atoms with van der Waals surface area (Å²) < 4.78 is 0. The fourth-order valence-corrected chi connectivity index (χ4v) is 2.54. The molecule has 0 aromatic heterocycles. The molecule has 0 atom stereocenters. The van der Waals surface area contributed by atoms with Gasteiger partial charge in [0.05, 0.1) is 0 Å². The quantitative estimate of drug-likeness (QED) is 0.645. The summed E-state index contributed by atoms with van der Waals surface area (Å²) in [5, 5.41) is 0. The van der Waals surface area contributed by atoms with Gasteiger partial charge in [-0.3, -0.25) is 4.79 Å². The van der Waals surface area contributed by atoms with E-state index in [0.717, 1.165) is 11.3 Å². The Morgan fingerprint density at radius 1 is 1.17 bits per heavy atom. The first kappa shape index (κ1) is 12.9. The standard InChI is InChI=1S/C16H21NO/c17-15-9-6-13(7-10-15)8-11-16(18)12-14-4-2-1-3-5-14/h6-11,14H,1-5,12,17H2/b11-8+. The van der Waals surface area contributed by atoms with Crippen molar-refractivity contribution >= 4 is 17.5 Å². The van der Waals surface area contributed by atoms with Gasteiger partial charge in [0.25, 0.3) is 0 Å². The molecular weight excluding hydrogens is 222 g/mol. The number of carbonyl (C=O) groups excluding carboxylic acids is 1. The lowest BCUT2D eigenvalue weighted by molar-refractivity contribution is -0.115. The summed E-state index contributed by atoms with van der Waals surface area (Å²) in [5.74, 6) is 0.862. The smallest absolute Gasteiger partial charge is 0.155 e. The highest BCUT2D eigenvalue weighted by Crippen LogP contribution is 2.26. The van der Waals surface area contributed by atoms with E-state index in [1.807, 2.05) is 30.3 Å². The van der Waals surface area contributed by atoms with Gasteiger partial charge in [0.2, 0.25) is 0 Å². The fraction of sp³-hybridized carbons (Fsp3) is 0.438. The van der Waals surface area contributed by atoms with Crippen molar-refractivity contribution in [1.82, 2.24) is 0 Å². The van der Waals surface area contributed by atoms with E-state index < -0.39 is 0 Å². The highest BCUT2D eigenvalue weighted by molar-refractivity contribution is 5.93. The molecule has 1 aromatic carbocycles. The van der Waals surface area contributed by atoms with Crippen molar-refractivity contribution in [3.05, 3.63) is 35.9 Å². The van der Waals surface area contributed by atoms with Crippen molar-refractivity contribution in [2.24, 2.45) is 5.92 Å². The van der Waals surface area contributed by atoms with Gasteiger partial charge in [0, 0.05) is 12.1 Å². The summed E-state index contributed by atoms with van der Waals surface area (Å²) in [6.45, 7) is 0. The van der Waals surface area contributed by atoms with Gasteiger partial charge in [-0.05, 0) is 29.7 Å².